The van der Waals surface area contributed by atoms with Gasteiger partial charge in [0.2, 0.25) is 11.8 Å². The number of hydrogen-bond donors (Lipinski definition) is 3. The third-order valence-electron chi connectivity index (χ3n) is 5.64. The SMILES string of the molecule is CCCNC(=O)CN1CCN(c2ccc(NC(=O)C3CCC3)c(C(=O)O)c2)CC1. The van der Waals surface area contributed by atoms with Crippen molar-refractivity contribution < 1.29 is 19.5 Å². The number of benzene rings is 1. The number of amides is 2. The lowest BCUT2D eigenvalue weighted by Gasteiger charge is -2.36. The number of nitrogens with zero attached hydrogens (tertiary/aromatic N) is 2. The highest BCUT2D eigenvalue weighted by molar-refractivity contribution is 6.02. The lowest BCUT2D eigenvalue weighted by Crippen LogP contribution is -2.49. The van der Waals surface area contributed by atoms with Crippen molar-refractivity contribution in [2.24, 2.45) is 5.92 Å². The van der Waals surface area contributed by atoms with Gasteiger partial charge in [0.1, 0.15) is 0 Å². The van der Waals surface area contributed by atoms with Crippen LogP contribution < -0.4 is 15.5 Å². The first kappa shape index (κ1) is 21.1. The van der Waals surface area contributed by atoms with Crippen LogP contribution in [0.2, 0.25) is 0 Å². The molecule has 1 saturated heterocycles. The molecule has 1 aliphatic heterocycles. The predicted octanol–water partition coefficient (Wildman–Crippen LogP) is 1.77. The molecule has 29 heavy (non-hydrogen) atoms. The Balaban J connectivity index is 1.59. The fraction of sp³-hybridized carbons (Fsp3) is 0.571. The molecule has 2 aliphatic rings. The molecule has 1 aromatic carbocycles. The smallest absolute Gasteiger partial charge is 0.337 e. The van der Waals surface area contributed by atoms with Gasteiger partial charge in [-0.3, -0.25) is 14.5 Å². The Morgan fingerprint density at radius 3 is 2.45 bits per heavy atom. The minimum atomic E-state index is -1.05. The van der Waals surface area contributed by atoms with Gasteiger partial charge in [-0.05, 0) is 37.5 Å². The molecule has 1 saturated carbocycles. The van der Waals surface area contributed by atoms with E-state index in [-0.39, 0.29) is 23.3 Å². The van der Waals surface area contributed by atoms with Crippen molar-refractivity contribution in [3.63, 3.8) is 0 Å². The number of carbonyl (C=O) groups excluding carboxylic acids is 2. The van der Waals surface area contributed by atoms with Gasteiger partial charge >= 0.3 is 5.97 Å². The molecule has 1 aliphatic carbocycles. The Bertz CT molecular complexity index is 755. The summed E-state index contributed by atoms with van der Waals surface area (Å²) in [6, 6.07) is 5.16. The molecule has 3 rings (SSSR count). The van der Waals surface area contributed by atoms with E-state index in [2.05, 4.69) is 20.4 Å². The second kappa shape index (κ2) is 9.73. The lowest BCUT2D eigenvalue weighted by molar-refractivity contribution is -0.123. The number of anilines is 2. The van der Waals surface area contributed by atoms with Crippen LogP contribution in [-0.2, 0) is 9.59 Å². The molecule has 0 atom stereocenters. The maximum absolute atomic E-state index is 12.2. The molecule has 8 nitrogen and oxygen atoms in total. The van der Waals surface area contributed by atoms with Crippen LogP contribution in [0.1, 0.15) is 43.0 Å². The zero-order valence-corrected chi connectivity index (χ0v) is 16.9. The molecular formula is C21H30N4O4. The highest BCUT2D eigenvalue weighted by Gasteiger charge is 2.27. The number of nitrogens with one attached hydrogen (secondary N) is 2. The second-order valence-corrected chi connectivity index (χ2v) is 7.77. The Morgan fingerprint density at radius 2 is 1.86 bits per heavy atom. The van der Waals surface area contributed by atoms with E-state index < -0.39 is 5.97 Å². The van der Waals surface area contributed by atoms with E-state index >= 15 is 0 Å². The van der Waals surface area contributed by atoms with E-state index in [1.54, 1.807) is 12.1 Å². The molecule has 0 radical (unpaired) electrons. The molecule has 0 unspecified atom stereocenters. The molecule has 1 aromatic rings. The first-order chi connectivity index (χ1) is 14.0. The molecule has 0 aromatic heterocycles. The van der Waals surface area contributed by atoms with E-state index in [0.717, 1.165) is 44.5 Å². The number of carboxylic acid groups (broad SMARTS) is 1. The van der Waals surface area contributed by atoms with E-state index in [1.165, 1.54) is 0 Å². The van der Waals surface area contributed by atoms with Gasteiger partial charge < -0.3 is 20.6 Å². The number of carbonyl (C=O) groups is 3. The zero-order valence-electron chi connectivity index (χ0n) is 16.9. The molecule has 0 bridgehead atoms. The molecule has 3 N–H and O–H groups in total. The Labute approximate surface area is 171 Å². The summed E-state index contributed by atoms with van der Waals surface area (Å²) in [5, 5.41) is 15.3. The van der Waals surface area contributed by atoms with Crippen LogP contribution in [0.15, 0.2) is 18.2 Å². The van der Waals surface area contributed by atoms with Gasteiger partial charge in [0.05, 0.1) is 17.8 Å². The van der Waals surface area contributed by atoms with E-state index in [0.29, 0.717) is 31.9 Å². The van der Waals surface area contributed by atoms with Crippen molar-refractivity contribution >= 4 is 29.2 Å². The summed E-state index contributed by atoms with van der Waals surface area (Å²) in [7, 11) is 0. The molecule has 1 heterocycles. The molecule has 8 heteroatoms. The molecule has 2 fully saturated rings. The van der Waals surface area contributed by atoms with E-state index in [4.69, 9.17) is 0 Å². The standard InChI is InChI=1S/C21H30N4O4/c1-2-8-22-19(26)14-24-9-11-25(12-10-24)16-6-7-18(17(13-16)21(28)29)23-20(27)15-4-3-5-15/h6-7,13,15H,2-5,8-12,14H2,1H3,(H,22,26)(H,23,27)(H,28,29). The van der Waals surface area contributed by atoms with Gasteiger partial charge in [-0.15, -0.1) is 0 Å². The van der Waals surface area contributed by atoms with E-state index in [1.807, 2.05) is 13.0 Å². The predicted molar refractivity (Wildman–Crippen MR) is 111 cm³/mol. The minimum Gasteiger partial charge on any atom is -0.478 e. The van der Waals surface area contributed by atoms with Gasteiger partial charge in [-0.1, -0.05) is 13.3 Å². The summed E-state index contributed by atoms with van der Waals surface area (Å²) in [5.41, 5.74) is 1.28. The van der Waals surface area contributed by atoms with Crippen LogP contribution in [-0.4, -0.2) is 67.1 Å². The highest BCUT2D eigenvalue weighted by atomic mass is 16.4. The molecule has 0 spiro atoms. The van der Waals surface area contributed by atoms with Crippen LogP contribution in [0.5, 0.6) is 0 Å². The number of piperazine rings is 1. The fourth-order valence-corrected chi connectivity index (χ4v) is 3.61. The molecular weight excluding hydrogens is 372 g/mol. The summed E-state index contributed by atoms with van der Waals surface area (Å²) < 4.78 is 0. The number of carboxylic acids is 1. The van der Waals surface area contributed by atoms with Crippen LogP contribution in [0.25, 0.3) is 0 Å². The average Bonchev–Trinajstić information content (AvgIpc) is 2.65. The van der Waals surface area contributed by atoms with Crippen molar-refractivity contribution in [2.45, 2.75) is 32.6 Å². The largest absolute Gasteiger partial charge is 0.478 e. The summed E-state index contributed by atoms with van der Waals surface area (Å²) in [4.78, 5) is 40.0. The summed E-state index contributed by atoms with van der Waals surface area (Å²) in [6.07, 6.45) is 3.71. The minimum absolute atomic E-state index is 0.000995. The van der Waals surface area contributed by atoms with Crippen molar-refractivity contribution in [1.29, 1.82) is 0 Å². The summed E-state index contributed by atoms with van der Waals surface area (Å²) >= 11 is 0. The van der Waals surface area contributed by atoms with Crippen molar-refractivity contribution in [2.75, 3.05) is 49.5 Å². The fourth-order valence-electron chi connectivity index (χ4n) is 3.61. The normalized spacial score (nSPS) is 17.5. The molecule has 158 valence electrons. The number of hydrogen-bond acceptors (Lipinski definition) is 5. The second-order valence-electron chi connectivity index (χ2n) is 7.77. The van der Waals surface area contributed by atoms with Crippen molar-refractivity contribution in [1.82, 2.24) is 10.2 Å². The van der Waals surface area contributed by atoms with Gasteiger partial charge in [-0.2, -0.15) is 0 Å². The zero-order chi connectivity index (χ0) is 20.8. The Morgan fingerprint density at radius 1 is 1.14 bits per heavy atom. The van der Waals surface area contributed by atoms with Gasteiger partial charge in [0.15, 0.2) is 0 Å². The number of aromatic carboxylic acids is 1. The topological polar surface area (TPSA) is 102 Å². The quantitative estimate of drug-likeness (QED) is 0.613. The third-order valence-corrected chi connectivity index (χ3v) is 5.64. The maximum atomic E-state index is 12.2. The average molecular weight is 402 g/mol. The van der Waals surface area contributed by atoms with E-state index in [9.17, 15) is 19.5 Å². The monoisotopic (exact) mass is 402 g/mol. The summed E-state index contributed by atoms with van der Waals surface area (Å²) in [6.45, 7) is 6.02. The van der Waals surface area contributed by atoms with Crippen LogP contribution >= 0.6 is 0 Å². The first-order valence-electron chi connectivity index (χ1n) is 10.4. The van der Waals surface area contributed by atoms with Gasteiger partial charge in [-0.25, -0.2) is 4.79 Å². The van der Waals surface area contributed by atoms with Crippen LogP contribution in [0.3, 0.4) is 0 Å². The van der Waals surface area contributed by atoms with Crippen molar-refractivity contribution in [3.8, 4) is 0 Å². The highest BCUT2D eigenvalue weighted by Crippen LogP contribution is 2.29. The third kappa shape index (κ3) is 5.47. The van der Waals surface area contributed by atoms with Crippen LogP contribution in [0.4, 0.5) is 11.4 Å². The lowest BCUT2D eigenvalue weighted by atomic mass is 9.85. The molecule has 2 amide bonds. The first-order valence-corrected chi connectivity index (χ1v) is 10.4. The van der Waals surface area contributed by atoms with Gasteiger partial charge in [0, 0.05) is 44.3 Å². The Hall–Kier alpha value is -2.61. The number of rotatable bonds is 8. The Kier molecular flexibility index (Phi) is 7.09. The van der Waals surface area contributed by atoms with Gasteiger partial charge in [0.25, 0.3) is 0 Å². The van der Waals surface area contributed by atoms with Crippen LogP contribution in [0, 0.1) is 5.92 Å². The maximum Gasteiger partial charge on any atom is 0.337 e. The van der Waals surface area contributed by atoms with Crippen molar-refractivity contribution in [3.05, 3.63) is 23.8 Å². The summed E-state index contributed by atoms with van der Waals surface area (Å²) in [5.74, 6) is -1.11.